The minimum atomic E-state index is -3.68. The Labute approximate surface area is 205 Å². The molecule has 172 valence electrons. The van der Waals surface area contributed by atoms with Crippen LogP contribution in [0.4, 0.5) is 0 Å². The van der Waals surface area contributed by atoms with E-state index < -0.39 is 10.0 Å². The van der Waals surface area contributed by atoms with Crippen LogP contribution in [-0.4, -0.2) is 17.7 Å². The van der Waals surface area contributed by atoms with Gasteiger partial charge in [-0.1, -0.05) is 66.2 Å². The monoisotopic (exact) mass is 477 g/mol. The van der Waals surface area contributed by atoms with Gasteiger partial charge in [-0.25, -0.2) is 8.42 Å². The molecule has 6 heteroatoms. The molecule has 0 unspecified atom stereocenters. The van der Waals surface area contributed by atoms with Crippen molar-refractivity contribution < 1.29 is 8.42 Å². The number of aromatic nitrogens is 1. The molecule has 6 rings (SSSR count). The maximum absolute atomic E-state index is 13.6. The molecule has 0 fully saturated rings. The molecule has 3 aromatic carbocycles. The zero-order valence-electron chi connectivity index (χ0n) is 19.3. The lowest BCUT2D eigenvalue weighted by molar-refractivity contribution is 0.432. The number of fused-ring (bicyclic) bond motifs is 5. The Bertz CT molecular complexity index is 1630. The van der Waals surface area contributed by atoms with E-state index in [1.54, 1.807) is 16.4 Å². The van der Waals surface area contributed by atoms with Gasteiger partial charge in [0.1, 0.15) is 0 Å². The van der Waals surface area contributed by atoms with E-state index in [0.29, 0.717) is 11.4 Å². The molecule has 0 amide bonds. The summed E-state index contributed by atoms with van der Waals surface area (Å²) in [7, 11) is -3.68. The summed E-state index contributed by atoms with van der Waals surface area (Å²) in [5.74, 6) is 0. The number of aryl methyl sites for hydroxylation is 1. The van der Waals surface area contributed by atoms with Gasteiger partial charge < -0.3 is 0 Å². The van der Waals surface area contributed by atoms with Crippen molar-refractivity contribution in [1.82, 2.24) is 9.29 Å². The highest BCUT2D eigenvalue weighted by atomic mass is 32.2. The Hall–Kier alpha value is -3.79. The van der Waals surface area contributed by atoms with Crippen molar-refractivity contribution in [3.63, 3.8) is 0 Å². The van der Waals surface area contributed by atoms with E-state index in [1.165, 1.54) is 5.56 Å². The lowest BCUT2D eigenvalue weighted by atomic mass is 9.93. The molecule has 2 heterocycles. The average molecular weight is 478 g/mol. The highest BCUT2D eigenvalue weighted by molar-refractivity contribution is 7.89. The van der Waals surface area contributed by atoms with Gasteiger partial charge in [-0.2, -0.15) is 9.57 Å². The van der Waals surface area contributed by atoms with Crippen molar-refractivity contribution >= 4 is 10.0 Å². The normalized spacial score (nSPS) is 14.3. The van der Waals surface area contributed by atoms with Crippen LogP contribution in [0.2, 0.25) is 0 Å². The highest BCUT2D eigenvalue weighted by Crippen LogP contribution is 2.46. The molecule has 4 aromatic rings. The molecule has 0 saturated carbocycles. The summed E-state index contributed by atoms with van der Waals surface area (Å²) in [4.78, 5) is 5.42. The van der Waals surface area contributed by atoms with Gasteiger partial charge in [-0.05, 0) is 46.9 Å². The van der Waals surface area contributed by atoms with Crippen molar-refractivity contribution in [2.45, 2.75) is 37.8 Å². The maximum Gasteiger partial charge on any atom is 0.243 e. The van der Waals surface area contributed by atoms with Crippen LogP contribution >= 0.6 is 0 Å². The lowest BCUT2D eigenvalue weighted by Gasteiger charge is -2.16. The summed E-state index contributed by atoms with van der Waals surface area (Å²) in [6.45, 7) is 2.50. The summed E-state index contributed by atoms with van der Waals surface area (Å²) >= 11 is 0. The molecule has 0 atom stereocenters. The van der Waals surface area contributed by atoms with Gasteiger partial charge >= 0.3 is 0 Å². The SMILES string of the molecule is Cc1ccc(S(=O)(=O)N2Cc3c(-c4ccccc4CC#N)nc4c(c3C2)-c2ccccc2C4)cc1. The number of nitrogens with zero attached hydrogens (tertiary/aromatic N) is 3. The van der Waals surface area contributed by atoms with Crippen molar-refractivity contribution in [1.29, 1.82) is 5.26 Å². The van der Waals surface area contributed by atoms with Crippen LogP contribution in [0.15, 0.2) is 77.7 Å². The number of hydrogen-bond donors (Lipinski definition) is 0. The molecule has 5 nitrogen and oxygen atoms in total. The molecule has 35 heavy (non-hydrogen) atoms. The minimum absolute atomic E-state index is 0.254. The third-order valence-corrected chi connectivity index (χ3v) is 8.81. The van der Waals surface area contributed by atoms with Gasteiger partial charge in [0.2, 0.25) is 10.0 Å². The fourth-order valence-corrected chi connectivity index (χ4v) is 6.64. The molecule has 1 aromatic heterocycles. The summed E-state index contributed by atoms with van der Waals surface area (Å²) in [5, 5.41) is 9.39. The largest absolute Gasteiger partial charge is 0.251 e. The third-order valence-electron chi connectivity index (χ3n) is 7.00. The molecule has 0 saturated heterocycles. The minimum Gasteiger partial charge on any atom is -0.251 e. The fraction of sp³-hybridized carbons (Fsp3) is 0.172. The Morgan fingerprint density at radius 1 is 0.914 bits per heavy atom. The standard InChI is InChI=1S/C29H23N3O2S/c1-19-10-12-22(13-11-19)35(33,34)32-17-25-26(18-32)29(24-9-5-2-6-20(24)14-15-30)31-27-16-21-7-3-4-8-23(21)28(25)27/h2-13H,14,16-18H2,1H3. The number of pyridine rings is 1. The van der Waals surface area contributed by atoms with Crippen LogP contribution in [0.1, 0.15) is 33.5 Å². The zero-order chi connectivity index (χ0) is 24.2. The second-order valence-corrected chi connectivity index (χ2v) is 11.1. The van der Waals surface area contributed by atoms with Crippen LogP contribution in [0.25, 0.3) is 22.4 Å². The second kappa shape index (κ2) is 8.16. The van der Waals surface area contributed by atoms with E-state index in [2.05, 4.69) is 18.2 Å². The zero-order valence-corrected chi connectivity index (χ0v) is 20.1. The van der Waals surface area contributed by atoms with E-state index in [0.717, 1.165) is 56.8 Å². The first-order valence-corrected chi connectivity index (χ1v) is 13.1. The summed E-state index contributed by atoms with van der Waals surface area (Å²) < 4.78 is 28.8. The first-order valence-electron chi connectivity index (χ1n) is 11.6. The topological polar surface area (TPSA) is 74.1 Å². The Kier molecular flexibility index (Phi) is 5.06. The van der Waals surface area contributed by atoms with E-state index in [1.807, 2.05) is 55.5 Å². The van der Waals surface area contributed by atoms with Crippen molar-refractivity contribution in [2.75, 3.05) is 0 Å². The van der Waals surface area contributed by atoms with Gasteiger partial charge in [-0.15, -0.1) is 0 Å². The molecule has 2 aliphatic rings. The van der Waals surface area contributed by atoms with E-state index in [-0.39, 0.29) is 13.0 Å². The quantitative estimate of drug-likeness (QED) is 0.347. The average Bonchev–Trinajstić information content (AvgIpc) is 3.46. The highest BCUT2D eigenvalue weighted by Gasteiger charge is 2.37. The van der Waals surface area contributed by atoms with Gasteiger partial charge in [0.25, 0.3) is 0 Å². The number of rotatable bonds is 4. The van der Waals surface area contributed by atoms with Crippen molar-refractivity contribution in [3.05, 3.63) is 106 Å². The predicted molar refractivity (Wildman–Crippen MR) is 135 cm³/mol. The summed E-state index contributed by atoms with van der Waals surface area (Å²) in [6.07, 6.45) is 0.992. The van der Waals surface area contributed by atoms with Crippen LogP contribution in [0.3, 0.4) is 0 Å². The van der Waals surface area contributed by atoms with Gasteiger partial charge in [0, 0.05) is 30.6 Å². The van der Waals surface area contributed by atoms with Crippen LogP contribution < -0.4 is 0 Å². The number of hydrogen-bond acceptors (Lipinski definition) is 4. The smallest absolute Gasteiger partial charge is 0.243 e. The molecule has 0 radical (unpaired) electrons. The van der Waals surface area contributed by atoms with E-state index in [4.69, 9.17) is 4.98 Å². The van der Waals surface area contributed by atoms with Crippen LogP contribution in [0, 0.1) is 18.3 Å². The van der Waals surface area contributed by atoms with Crippen molar-refractivity contribution in [3.8, 4) is 28.5 Å². The first kappa shape index (κ1) is 21.7. The Morgan fingerprint density at radius 2 is 1.60 bits per heavy atom. The Morgan fingerprint density at radius 3 is 2.37 bits per heavy atom. The van der Waals surface area contributed by atoms with Gasteiger partial charge in [-0.3, -0.25) is 4.98 Å². The molecular formula is C29H23N3O2S. The fourth-order valence-electron chi connectivity index (χ4n) is 5.27. The lowest BCUT2D eigenvalue weighted by Crippen LogP contribution is -2.25. The van der Waals surface area contributed by atoms with Crippen molar-refractivity contribution in [2.24, 2.45) is 0 Å². The molecular weight excluding hydrogens is 454 g/mol. The maximum atomic E-state index is 13.6. The second-order valence-electron chi connectivity index (χ2n) is 9.15. The number of nitriles is 1. The molecule has 0 N–H and O–H groups in total. The Balaban J connectivity index is 1.54. The number of benzene rings is 3. The molecule has 1 aliphatic carbocycles. The van der Waals surface area contributed by atoms with E-state index in [9.17, 15) is 13.7 Å². The molecule has 0 bridgehead atoms. The summed E-state index contributed by atoms with van der Waals surface area (Å²) in [6, 6.07) is 25.3. The third kappa shape index (κ3) is 3.47. The predicted octanol–water partition coefficient (Wildman–Crippen LogP) is 5.40. The van der Waals surface area contributed by atoms with Crippen LogP contribution in [-0.2, 0) is 36.0 Å². The molecule has 1 aliphatic heterocycles. The van der Waals surface area contributed by atoms with E-state index >= 15 is 0 Å². The number of sulfonamides is 1. The van der Waals surface area contributed by atoms with Gasteiger partial charge in [0.15, 0.2) is 0 Å². The molecule has 0 spiro atoms. The van der Waals surface area contributed by atoms with Gasteiger partial charge in [0.05, 0.1) is 28.8 Å². The first-order chi connectivity index (χ1) is 17.0. The summed E-state index contributed by atoms with van der Waals surface area (Å²) in [5.41, 5.74) is 9.96. The van der Waals surface area contributed by atoms with Crippen LogP contribution in [0.5, 0.6) is 0 Å².